The molecule has 0 fully saturated rings. The smallest absolute Gasteiger partial charge is 0.0216 e. The van der Waals surface area contributed by atoms with Crippen LogP contribution in [0.15, 0.2) is 28.2 Å². The van der Waals surface area contributed by atoms with Crippen LogP contribution in [0.25, 0.3) is 5.57 Å². The molecule has 1 aromatic rings. The molecule has 1 aliphatic carbocycles. The number of benzene rings is 1. The van der Waals surface area contributed by atoms with Gasteiger partial charge in [0.25, 0.3) is 0 Å². The molecule has 0 spiro atoms. The maximum absolute atomic E-state index is 3.63. The van der Waals surface area contributed by atoms with E-state index in [0.717, 1.165) is 6.42 Å². The molecule has 0 nitrogen and oxygen atoms in total. The molecular formula is C13H15Br. The number of allylic oxidation sites excluding steroid dienone is 2. The van der Waals surface area contributed by atoms with Gasteiger partial charge in [0.15, 0.2) is 0 Å². The van der Waals surface area contributed by atoms with E-state index in [9.17, 15) is 0 Å². The molecule has 14 heavy (non-hydrogen) atoms. The second-order valence-electron chi connectivity index (χ2n) is 3.95. The van der Waals surface area contributed by atoms with E-state index in [1.165, 1.54) is 28.4 Å². The number of rotatable bonds is 2. The summed E-state index contributed by atoms with van der Waals surface area (Å²) >= 11 is 3.63. The minimum atomic E-state index is 1.13. The molecule has 0 aliphatic heterocycles. The molecule has 0 atom stereocenters. The van der Waals surface area contributed by atoms with Gasteiger partial charge >= 0.3 is 0 Å². The summed E-state index contributed by atoms with van der Waals surface area (Å²) in [5, 5.41) is 0. The lowest BCUT2D eigenvalue weighted by molar-refractivity contribution is 0.969. The summed E-state index contributed by atoms with van der Waals surface area (Å²) in [6.45, 7) is 4.51. The highest BCUT2D eigenvalue weighted by molar-refractivity contribution is 9.10. The van der Waals surface area contributed by atoms with Crippen molar-refractivity contribution in [2.24, 2.45) is 0 Å². The predicted octanol–water partition coefficient (Wildman–Crippen LogP) is 4.58. The highest BCUT2D eigenvalue weighted by Gasteiger charge is 2.19. The van der Waals surface area contributed by atoms with Gasteiger partial charge in [-0.3, -0.25) is 0 Å². The molecule has 74 valence electrons. The second kappa shape index (κ2) is 3.90. The standard InChI is InChI=1S/C13H15Br/c1-3-5-10-9(2)8-12-11(10)6-4-7-13(12)14/h4,6-7H,3,5,8H2,1-2H3. The Morgan fingerprint density at radius 1 is 1.36 bits per heavy atom. The predicted molar refractivity (Wildman–Crippen MR) is 65.3 cm³/mol. The Bertz CT molecular complexity index is 388. The number of fused-ring (bicyclic) bond motifs is 1. The van der Waals surface area contributed by atoms with Gasteiger partial charge in [-0.25, -0.2) is 0 Å². The minimum absolute atomic E-state index is 1.13. The van der Waals surface area contributed by atoms with E-state index >= 15 is 0 Å². The molecule has 0 saturated carbocycles. The Balaban J connectivity index is 2.47. The molecule has 0 aromatic heterocycles. The normalized spacial score (nSPS) is 14.8. The van der Waals surface area contributed by atoms with E-state index in [4.69, 9.17) is 0 Å². The topological polar surface area (TPSA) is 0 Å². The molecule has 0 saturated heterocycles. The molecule has 1 heteroatoms. The molecule has 0 bridgehead atoms. The van der Waals surface area contributed by atoms with Crippen LogP contribution in [-0.4, -0.2) is 0 Å². The quantitative estimate of drug-likeness (QED) is 0.721. The SMILES string of the molecule is CCCC1=C(C)Cc2c(Br)cccc21. The lowest BCUT2D eigenvalue weighted by Gasteiger charge is -2.05. The Kier molecular flexibility index (Phi) is 2.78. The van der Waals surface area contributed by atoms with E-state index in [1.54, 1.807) is 11.1 Å². The van der Waals surface area contributed by atoms with Crippen molar-refractivity contribution in [3.05, 3.63) is 39.4 Å². The zero-order valence-corrected chi connectivity index (χ0v) is 10.3. The van der Waals surface area contributed by atoms with Crippen molar-refractivity contribution in [2.75, 3.05) is 0 Å². The lowest BCUT2D eigenvalue weighted by Crippen LogP contribution is -1.85. The third kappa shape index (κ3) is 1.54. The summed E-state index contributed by atoms with van der Waals surface area (Å²) in [6.07, 6.45) is 3.58. The maximum atomic E-state index is 3.63. The van der Waals surface area contributed by atoms with Gasteiger partial charge in [-0.2, -0.15) is 0 Å². The molecule has 1 aromatic carbocycles. The molecule has 0 unspecified atom stereocenters. The van der Waals surface area contributed by atoms with Crippen LogP contribution in [0.2, 0.25) is 0 Å². The summed E-state index contributed by atoms with van der Waals surface area (Å²) in [4.78, 5) is 0. The monoisotopic (exact) mass is 250 g/mol. The van der Waals surface area contributed by atoms with Crippen molar-refractivity contribution in [1.29, 1.82) is 0 Å². The third-order valence-electron chi connectivity index (χ3n) is 2.90. The lowest BCUT2D eigenvalue weighted by atomic mass is 10.0. The van der Waals surface area contributed by atoms with Crippen LogP contribution in [0.3, 0.4) is 0 Å². The molecular weight excluding hydrogens is 236 g/mol. The minimum Gasteiger partial charge on any atom is -0.0651 e. The molecule has 1 aliphatic rings. The van der Waals surface area contributed by atoms with Crippen LogP contribution in [0.4, 0.5) is 0 Å². The van der Waals surface area contributed by atoms with Crippen LogP contribution in [0.5, 0.6) is 0 Å². The highest BCUT2D eigenvalue weighted by atomic mass is 79.9. The van der Waals surface area contributed by atoms with E-state index in [0.29, 0.717) is 0 Å². The molecule has 0 amide bonds. The van der Waals surface area contributed by atoms with Gasteiger partial charge in [0.1, 0.15) is 0 Å². The van der Waals surface area contributed by atoms with E-state index < -0.39 is 0 Å². The number of hydrogen-bond donors (Lipinski definition) is 0. The van der Waals surface area contributed by atoms with Gasteiger partial charge in [-0.1, -0.05) is 47.0 Å². The Labute approximate surface area is 94.2 Å². The first-order valence-corrected chi connectivity index (χ1v) is 5.99. The fraction of sp³-hybridized carbons (Fsp3) is 0.385. The van der Waals surface area contributed by atoms with Gasteiger partial charge < -0.3 is 0 Å². The third-order valence-corrected chi connectivity index (χ3v) is 3.64. The molecule has 0 N–H and O–H groups in total. The van der Waals surface area contributed by atoms with Crippen LogP contribution in [0.1, 0.15) is 37.8 Å². The average molecular weight is 251 g/mol. The molecule has 0 radical (unpaired) electrons. The molecule has 0 heterocycles. The van der Waals surface area contributed by atoms with E-state index in [2.05, 4.69) is 48.0 Å². The fourth-order valence-corrected chi connectivity index (χ4v) is 2.73. The Hall–Kier alpha value is -0.560. The van der Waals surface area contributed by atoms with Crippen molar-refractivity contribution < 1.29 is 0 Å². The first kappa shape index (κ1) is 9.97. The van der Waals surface area contributed by atoms with Crippen LogP contribution in [0, 0.1) is 0 Å². The van der Waals surface area contributed by atoms with Crippen molar-refractivity contribution in [3.63, 3.8) is 0 Å². The fourth-order valence-electron chi connectivity index (χ4n) is 2.22. The van der Waals surface area contributed by atoms with Gasteiger partial charge in [-0.15, -0.1) is 0 Å². The van der Waals surface area contributed by atoms with Crippen molar-refractivity contribution in [3.8, 4) is 0 Å². The summed E-state index contributed by atoms with van der Waals surface area (Å²) < 4.78 is 1.26. The van der Waals surface area contributed by atoms with Gasteiger partial charge in [0.2, 0.25) is 0 Å². The molecule has 2 rings (SSSR count). The van der Waals surface area contributed by atoms with Crippen molar-refractivity contribution in [2.45, 2.75) is 33.1 Å². The average Bonchev–Trinajstić information content (AvgIpc) is 2.47. The van der Waals surface area contributed by atoms with Crippen molar-refractivity contribution in [1.82, 2.24) is 0 Å². The van der Waals surface area contributed by atoms with E-state index in [1.807, 2.05) is 0 Å². The summed E-state index contributed by atoms with van der Waals surface area (Å²) in [5.74, 6) is 0. The van der Waals surface area contributed by atoms with Crippen LogP contribution < -0.4 is 0 Å². The summed E-state index contributed by atoms with van der Waals surface area (Å²) in [5.41, 5.74) is 6.07. The first-order chi connectivity index (χ1) is 6.74. The maximum Gasteiger partial charge on any atom is 0.0216 e. The first-order valence-electron chi connectivity index (χ1n) is 5.20. The van der Waals surface area contributed by atoms with Crippen LogP contribution in [-0.2, 0) is 6.42 Å². The number of halogens is 1. The van der Waals surface area contributed by atoms with Crippen LogP contribution >= 0.6 is 15.9 Å². The number of hydrogen-bond acceptors (Lipinski definition) is 0. The van der Waals surface area contributed by atoms with Crippen molar-refractivity contribution >= 4 is 21.5 Å². The van der Waals surface area contributed by atoms with Gasteiger partial charge in [0.05, 0.1) is 0 Å². The summed E-state index contributed by atoms with van der Waals surface area (Å²) in [6, 6.07) is 6.53. The van der Waals surface area contributed by atoms with E-state index in [-0.39, 0.29) is 0 Å². The summed E-state index contributed by atoms with van der Waals surface area (Å²) in [7, 11) is 0. The van der Waals surface area contributed by atoms with Gasteiger partial charge in [0, 0.05) is 4.47 Å². The Morgan fingerprint density at radius 3 is 2.86 bits per heavy atom. The zero-order chi connectivity index (χ0) is 10.1. The van der Waals surface area contributed by atoms with Gasteiger partial charge in [-0.05, 0) is 42.5 Å². The largest absolute Gasteiger partial charge is 0.0651 e. The Morgan fingerprint density at radius 2 is 2.14 bits per heavy atom. The second-order valence-corrected chi connectivity index (χ2v) is 4.81. The highest BCUT2D eigenvalue weighted by Crippen LogP contribution is 2.38. The zero-order valence-electron chi connectivity index (χ0n) is 8.73.